The second-order valence-electron chi connectivity index (χ2n) is 6.40. The van der Waals surface area contributed by atoms with E-state index in [9.17, 15) is 4.79 Å². The van der Waals surface area contributed by atoms with Crippen molar-refractivity contribution in [3.63, 3.8) is 0 Å². The number of nitrogens with one attached hydrogen (secondary N) is 2. The molecule has 0 spiro atoms. The average Bonchev–Trinajstić information content (AvgIpc) is 2.48. The number of carbonyl (C=O) groups excluding carboxylic acids is 1. The fraction of sp³-hybridized carbons (Fsp3) is 0.316. The number of halogens is 1. The van der Waals surface area contributed by atoms with Crippen LogP contribution in [-0.2, 0) is 5.54 Å². The first-order chi connectivity index (χ1) is 11.3. The van der Waals surface area contributed by atoms with Crippen LogP contribution in [0.2, 0.25) is 5.02 Å². The second-order valence-corrected chi connectivity index (χ2v) is 6.84. The number of anilines is 1. The molecule has 0 aliphatic heterocycles. The summed E-state index contributed by atoms with van der Waals surface area (Å²) in [5.74, 6) is 0.775. The minimum Gasteiger partial charge on any atom is -0.491 e. The summed E-state index contributed by atoms with van der Waals surface area (Å²) in [5.41, 5.74) is 1.16. The monoisotopic (exact) mass is 346 g/mol. The van der Waals surface area contributed by atoms with E-state index in [0.717, 1.165) is 11.3 Å². The minimum absolute atomic E-state index is 0.118. The highest BCUT2D eigenvalue weighted by atomic mass is 35.5. The Bertz CT molecular complexity index is 680. The average molecular weight is 347 g/mol. The highest BCUT2D eigenvalue weighted by Gasteiger charge is 2.22. The van der Waals surface area contributed by atoms with E-state index in [0.29, 0.717) is 10.7 Å². The Morgan fingerprint density at radius 3 is 2.17 bits per heavy atom. The largest absolute Gasteiger partial charge is 0.491 e. The van der Waals surface area contributed by atoms with E-state index in [1.807, 2.05) is 76.2 Å². The van der Waals surface area contributed by atoms with Crippen LogP contribution in [0.5, 0.6) is 5.75 Å². The normalized spacial score (nSPS) is 11.2. The van der Waals surface area contributed by atoms with E-state index >= 15 is 0 Å². The fourth-order valence-electron chi connectivity index (χ4n) is 2.27. The highest BCUT2D eigenvalue weighted by Crippen LogP contribution is 2.22. The summed E-state index contributed by atoms with van der Waals surface area (Å²) in [6.45, 7) is 7.82. The van der Waals surface area contributed by atoms with Gasteiger partial charge in [0, 0.05) is 10.7 Å². The Hall–Kier alpha value is -2.20. The van der Waals surface area contributed by atoms with Crippen LogP contribution in [0.15, 0.2) is 48.5 Å². The molecule has 128 valence electrons. The number of hydrogen-bond acceptors (Lipinski definition) is 2. The number of hydrogen-bond donors (Lipinski definition) is 2. The molecule has 24 heavy (non-hydrogen) atoms. The van der Waals surface area contributed by atoms with Crippen LogP contribution in [0.3, 0.4) is 0 Å². The molecule has 0 unspecified atom stereocenters. The quantitative estimate of drug-likeness (QED) is 0.783. The SMILES string of the molecule is CC(C)Oc1ccc(NC(=O)NC(C)(C)c2ccc(Cl)cc2)cc1. The molecule has 4 nitrogen and oxygen atoms in total. The van der Waals surface area contributed by atoms with Crippen molar-refractivity contribution >= 4 is 23.3 Å². The van der Waals surface area contributed by atoms with Crippen molar-refractivity contribution in [2.45, 2.75) is 39.3 Å². The summed E-state index contributed by atoms with van der Waals surface area (Å²) in [7, 11) is 0. The molecule has 0 aliphatic rings. The summed E-state index contributed by atoms with van der Waals surface area (Å²) >= 11 is 5.91. The summed E-state index contributed by atoms with van der Waals surface area (Å²) < 4.78 is 5.58. The third-order valence-electron chi connectivity index (χ3n) is 3.48. The molecule has 2 aromatic rings. The number of urea groups is 1. The van der Waals surface area contributed by atoms with Gasteiger partial charge in [0.15, 0.2) is 0 Å². The molecule has 0 saturated carbocycles. The van der Waals surface area contributed by atoms with Crippen molar-refractivity contribution in [3.05, 3.63) is 59.1 Å². The zero-order chi connectivity index (χ0) is 17.7. The van der Waals surface area contributed by atoms with Crippen molar-refractivity contribution in [2.75, 3.05) is 5.32 Å². The molecule has 0 fully saturated rings. The molecule has 2 aromatic carbocycles. The van der Waals surface area contributed by atoms with E-state index in [1.54, 1.807) is 0 Å². The Balaban J connectivity index is 1.98. The van der Waals surface area contributed by atoms with Crippen molar-refractivity contribution in [1.29, 1.82) is 0 Å². The van der Waals surface area contributed by atoms with Gasteiger partial charge in [-0.1, -0.05) is 23.7 Å². The second kappa shape index (κ2) is 7.58. The molecule has 0 bridgehead atoms. The molecular weight excluding hydrogens is 324 g/mol. The molecule has 0 saturated heterocycles. The van der Waals surface area contributed by atoms with Crippen LogP contribution in [-0.4, -0.2) is 12.1 Å². The van der Waals surface area contributed by atoms with Crippen molar-refractivity contribution < 1.29 is 9.53 Å². The molecule has 2 rings (SSSR count). The number of ether oxygens (including phenoxy) is 1. The first-order valence-corrected chi connectivity index (χ1v) is 8.26. The van der Waals surface area contributed by atoms with Gasteiger partial charge in [-0.15, -0.1) is 0 Å². The summed E-state index contributed by atoms with van der Waals surface area (Å²) in [4.78, 5) is 12.3. The van der Waals surface area contributed by atoms with Gasteiger partial charge in [-0.05, 0) is 69.7 Å². The number of amides is 2. The zero-order valence-corrected chi connectivity index (χ0v) is 15.1. The van der Waals surface area contributed by atoms with Crippen molar-refractivity contribution in [2.24, 2.45) is 0 Å². The molecule has 0 aromatic heterocycles. The van der Waals surface area contributed by atoms with Crippen molar-refractivity contribution in [3.8, 4) is 5.75 Å². The summed E-state index contributed by atoms with van der Waals surface area (Å²) in [6, 6.07) is 14.4. The van der Waals surface area contributed by atoms with E-state index < -0.39 is 5.54 Å². The predicted octanol–water partition coefficient (Wildman–Crippen LogP) is 5.18. The smallest absolute Gasteiger partial charge is 0.319 e. The van der Waals surface area contributed by atoms with Crippen LogP contribution >= 0.6 is 11.6 Å². The van der Waals surface area contributed by atoms with Gasteiger partial charge >= 0.3 is 6.03 Å². The first-order valence-electron chi connectivity index (χ1n) is 7.88. The predicted molar refractivity (Wildman–Crippen MR) is 98.8 cm³/mol. The number of carbonyl (C=O) groups is 1. The van der Waals surface area contributed by atoms with Gasteiger partial charge in [0.2, 0.25) is 0 Å². The molecule has 2 amide bonds. The number of rotatable bonds is 5. The third-order valence-corrected chi connectivity index (χ3v) is 3.73. The Morgan fingerprint density at radius 1 is 1.04 bits per heavy atom. The Kier molecular flexibility index (Phi) is 5.73. The van der Waals surface area contributed by atoms with E-state index in [-0.39, 0.29) is 12.1 Å². The molecule has 0 atom stereocenters. The highest BCUT2D eigenvalue weighted by molar-refractivity contribution is 6.30. The van der Waals surface area contributed by atoms with Crippen LogP contribution < -0.4 is 15.4 Å². The lowest BCUT2D eigenvalue weighted by molar-refractivity contribution is 0.241. The van der Waals surface area contributed by atoms with Gasteiger partial charge in [-0.2, -0.15) is 0 Å². The standard InChI is InChI=1S/C19H23ClN2O2/c1-13(2)24-17-11-9-16(10-12-17)21-18(23)22-19(3,4)14-5-7-15(20)8-6-14/h5-13H,1-4H3,(H2,21,22,23). The van der Waals surface area contributed by atoms with E-state index in [2.05, 4.69) is 10.6 Å². The molecule has 0 aliphatic carbocycles. The lowest BCUT2D eigenvalue weighted by Gasteiger charge is -2.27. The molecule has 5 heteroatoms. The lowest BCUT2D eigenvalue weighted by Crippen LogP contribution is -2.43. The Morgan fingerprint density at radius 2 is 1.62 bits per heavy atom. The van der Waals surface area contributed by atoms with Gasteiger partial charge in [0.25, 0.3) is 0 Å². The van der Waals surface area contributed by atoms with Crippen LogP contribution in [0.25, 0.3) is 0 Å². The van der Waals surface area contributed by atoms with Crippen LogP contribution in [0.1, 0.15) is 33.3 Å². The van der Waals surface area contributed by atoms with Gasteiger partial charge in [-0.3, -0.25) is 0 Å². The van der Waals surface area contributed by atoms with Gasteiger partial charge in [-0.25, -0.2) is 4.79 Å². The molecular formula is C19H23ClN2O2. The van der Waals surface area contributed by atoms with Gasteiger partial charge in [0.1, 0.15) is 5.75 Å². The lowest BCUT2D eigenvalue weighted by atomic mass is 9.94. The summed E-state index contributed by atoms with van der Waals surface area (Å²) in [5, 5.41) is 6.46. The van der Waals surface area contributed by atoms with Gasteiger partial charge in [0.05, 0.1) is 11.6 Å². The fourth-order valence-corrected chi connectivity index (χ4v) is 2.40. The third kappa shape index (κ3) is 5.17. The number of benzene rings is 2. The van der Waals surface area contributed by atoms with E-state index in [1.165, 1.54) is 0 Å². The topological polar surface area (TPSA) is 50.4 Å². The van der Waals surface area contributed by atoms with Crippen molar-refractivity contribution in [1.82, 2.24) is 5.32 Å². The summed E-state index contributed by atoms with van der Waals surface area (Å²) in [6.07, 6.45) is 0.118. The Labute approximate surface area is 148 Å². The van der Waals surface area contributed by atoms with Crippen LogP contribution in [0.4, 0.5) is 10.5 Å². The first kappa shape index (κ1) is 18.1. The maximum absolute atomic E-state index is 12.3. The molecule has 0 radical (unpaired) electrons. The molecule has 0 heterocycles. The minimum atomic E-state index is -0.518. The maximum Gasteiger partial charge on any atom is 0.319 e. The van der Waals surface area contributed by atoms with Gasteiger partial charge < -0.3 is 15.4 Å². The zero-order valence-electron chi connectivity index (χ0n) is 14.4. The molecule has 2 N–H and O–H groups in total. The maximum atomic E-state index is 12.3. The van der Waals surface area contributed by atoms with E-state index in [4.69, 9.17) is 16.3 Å². The van der Waals surface area contributed by atoms with Crippen LogP contribution in [0, 0.1) is 0 Å².